The van der Waals surface area contributed by atoms with Crippen LogP contribution in [0.25, 0.3) is 0 Å². The first-order valence-electron chi connectivity index (χ1n) is 6.31. The molecule has 1 amide bonds. The van der Waals surface area contributed by atoms with E-state index in [1.54, 1.807) is 0 Å². The molecular weight excluding hydrogens is 228 g/mol. The van der Waals surface area contributed by atoms with Crippen molar-refractivity contribution in [1.29, 1.82) is 0 Å². The zero-order valence-corrected chi connectivity index (χ0v) is 10.9. The summed E-state index contributed by atoms with van der Waals surface area (Å²) in [5.41, 5.74) is 1.16. The number of amides is 1. The van der Waals surface area contributed by atoms with Crippen molar-refractivity contribution in [3.63, 3.8) is 0 Å². The predicted octanol–water partition coefficient (Wildman–Crippen LogP) is 1.47. The highest BCUT2D eigenvalue weighted by Crippen LogP contribution is 2.19. The molecule has 1 aliphatic heterocycles. The van der Waals surface area contributed by atoms with E-state index < -0.39 is 5.60 Å². The molecule has 0 unspecified atom stereocenters. The molecule has 18 heavy (non-hydrogen) atoms. The standard InChI is InChI=1S/C14H20N2O2/c1-10(2)11-3-5-12(6-4-11)16-13(17)7-14(18)8-15-9-14/h3-6,10,15,18H,7-9H2,1-2H3,(H,16,17). The van der Waals surface area contributed by atoms with Crippen LogP contribution in [0.2, 0.25) is 0 Å². The third-order valence-electron chi connectivity index (χ3n) is 3.26. The molecule has 4 heteroatoms. The van der Waals surface area contributed by atoms with Crippen LogP contribution in [0.1, 0.15) is 31.7 Å². The Morgan fingerprint density at radius 3 is 2.44 bits per heavy atom. The van der Waals surface area contributed by atoms with E-state index in [1.165, 1.54) is 5.56 Å². The highest BCUT2D eigenvalue weighted by molar-refractivity contribution is 5.91. The van der Waals surface area contributed by atoms with Gasteiger partial charge in [-0.05, 0) is 23.6 Å². The Balaban J connectivity index is 1.90. The molecule has 0 spiro atoms. The van der Waals surface area contributed by atoms with Gasteiger partial charge in [0.2, 0.25) is 5.91 Å². The van der Waals surface area contributed by atoms with E-state index in [1.807, 2.05) is 24.3 Å². The monoisotopic (exact) mass is 248 g/mol. The third-order valence-corrected chi connectivity index (χ3v) is 3.26. The summed E-state index contributed by atoms with van der Waals surface area (Å²) in [7, 11) is 0. The van der Waals surface area contributed by atoms with Gasteiger partial charge in [-0.15, -0.1) is 0 Å². The zero-order valence-electron chi connectivity index (χ0n) is 10.9. The summed E-state index contributed by atoms with van der Waals surface area (Å²) >= 11 is 0. The fourth-order valence-electron chi connectivity index (χ4n) is 1.99. The van der Waals surface area contributed by atoms with Crippen LogP contribution in [-0.2, 0) is 4.79 Å². The summed E-state index contributed by atoms with van der Waals surface area (Å²) in [6.45, 7) is 5.25. The maximum atomic E-state index is 11.7. The molecule has 1 aromatic carbocycles. The highest BCUT2D eigenvalue weighted by atomic mass is 16.3. The summed E-state index contributed by atoms with van der Waals surface area (Å²) in [4.78, 5) is 11.7. The van der Waals surface area contributed by atoms with Crippen molar-refractivity contribution in [3.8, 4) is 0 Å². The molecule has 1 aromatic rings. The Labute approximate surface area is 107 Å². The number of benzene rings is 1. The Kier molecular flexibility index (Phi) is 3.68. The number of carbonyl (C=O) groups excluding carboxylic acids is 1. The molecule has 4 nitrogen and oxygen atoms in total. The minimum atomic E-state index is -0.859. The van der Waals surface area contributed by atoms with Crippen molar-refractivity contribution < 1.29 is 9.90 Å². The molecule has 0 aromatic heterocycles. The van der Waals surface area contributed by atoms with Gasteiger partial charge < -0.3 is 15.7 Å². The molecule has 1 fully saturated rings. The van der Waals surface area contributed by atoms with E-state index in [4.69, 9.17) is 0 Å². The summed E-state index contributed by atoms with van der Waals surface area (Å²) in [5, 5.41) is 15.6. The summed E-state index contributed by atoms with van der Waals surface area (Å²) in [6.07, 6.45) is 0.145. The van der Waals surface area contributed by atoms with Gasteiger partial charge in [0.05, 0.1) is 12.0 Å². The van der Waals surface area contributed by atoms with Crippen molar-refractivity contribution >= 4 is 11.6 Å². The minimum absolute atomic E-state index is 0.142. The molecule has 0 aliphatic carbocycles. The molecular formula is C14H20N2O2. The molecule has 1 saturated heterocycles. The smallest absolute Gasteiger partial charge is 0.227 e. The van der Waals surface area contributed by atoms with Gasteiger partial charge >= 0.3 is 0 Å². The van der Waals surface area contributed by atoms with Crippen LogP contribution in [0, 0.1) is 0 Å². The number of hydrogen-bond acceptors (Lipinski definition) is 3. The lowest BCUT2D eigenvalue weighted by Crippen LogP contribution is -2.60. The van der Waals surface area contributed by atoms with Crippen molar-refractivity contribution in [1.82, 2.24) is 5.32 Å². The second-order valence-electron chi connectivity index (χ2n) is 5.33. The zero-order chi connectivity index (χ0) is 13.2. The number of anilines is 1. The van der Waals surface area contributed by atoms with E-state index in [-0.39, 0.29) is 12.3 Å². The Bertz CT molecular complexity index is 422. The van der Waals surface area contributed by atoms with Crippen molar-refractivity contribution in [2.45, 2.75) is 31.8 Å². The maximum Gasteiger partial charge on any atom is 0.227 e. The van der Waals surface area contributed by atoms with Gasteiger partial charge in [-0.1, -0.05) is 26.0 Å². The summed E-state index contributed by atoms with van der Waals surface area (Å²) in [6, 6.07) is 7.83. The number of carbonyl (C=O) groups is 1. The topological polar surface area (TPSA) is 61.4 Å². The van der Waals surface area contributed by atoms with E-state index >= 15 is 0 Å². The number of aliphatic hydroxyl groups is 1. The van der Waals surface area contributed by atoms with Crippen LogP contribution in [0.5, 0.6) is 0 Å². The van der Waals surface area contributed by atoms with Crippen LogP contribution < -0.4 is 10.6 Å². The van der Waals surface area contributed by atoms with Crippen LogP contribution in [-0.4, -0.2) is 29.7 Å². The van der Waals surface area contributed by atoms with Crippen LogP contribution >= 0.6 is 0 Å². The minimum Gasteiger partial charge on any atom is -0.387 e. The largest absolute Gasteiger partial charge is 0.387 e. The number of β-amino-alcohol motifs (C(OH)–C–C–N with tert-alkyl or cyclic N) is 1. The van der Waals surface area contributed by atoms with E-state index in [0.29, 0.717) is 19.0 Å². The van der Waals surface area contributed by atoms with E-state index in [2.05, 4.69) is 24.5 Å². The fourth-order valence-corrected chi connectivity index (χ4v) is 1.99. The molecule has 3 N–H and O–H groups in total. The first-order valence-corrected chi connectivity index (χ1v) is 6.31. The number of hydrogen-bond donors (Lipinski definition) is 3. The first-order chi connectivity index (χ1) is 8.48. The molecule has 98 valence electrons. The average molecular weight is 248 g/mol. The Hall–Kier alpha value is -1.39. The van der Waals surface area contributed by atoms with Crippen LogP contribution in [0.4, 0.5) is 5.69 Å². The van der Waals surface area contributed by atoms with Gasteiger partial charge in [0.25, 0.3) is 0 Å². The lowest BCUT2D eigenvalue weighted by Gasteiger charge is -2.36. The van der Waals surface area contributed by atoms with Gasteiger partial charge in [0, 0.05) is 18.8 Å². The van der Waals surface area contributed by atoms with Gasteiger partial charge in [-0.3, -0.25) is 4.79 Å². The SMILES string of the molecule is CC(C)c1ccc(NC(=O)CC2(O)CNC2)cc1. The van der Waals surface area contributed by atoms with E-state index in [9.17, 15) is 9.90 Å². The van der Waals surface area contributed by atoms with Crippen LogP contribution in [0.3, 0.4) is 0 Å². The van der Waals surface area contributed by atoms with Crippen molar-refractivity contribution in [3.05, 3.63) is 29.8 Å². The maximum absolute atomic E-state index is 11.7. The Morgan fingerprint density at radius 1 is 1.39 bits per heavy atom. The molecule has 2 rings (SSSR count). The third kappa shape index (κ3) is 3.09. The number of nitrogens with one attached hydrogen (secondary N) is 2. The van der Waals surface area contributed by atoms with Gasteiger partial charge in [-0.25, -0.2) is 0 Å². The summed E-state index contributed by atoms with van der Waals surface area (Å²) in [5.74, 6) is 0.341. The molecule has 0 radical (unpaired) electrons. The normalized spacial score (nSPS) is 17.3. The molecule has 0 bridgehead atoms. The highest BCUT2D eigenvalue weighted by Gasteiger charge is 2.36. The molecule has 1 aliphatic rings. The second-order valence-corrected chi connectivity index (χ2v) is 5.33. The first kappa shape index (κ1) is 13.1. The lowest BCUT2D eigenvalue weighted by atomic mass is 9.93. The van der Waals surface area contributed by atoms with Gasteiger partial charge in [-0.2, -0.15) is 0 Å². The Morgan fingerprint density at radius 2 is 2.00 bits per heavy atom. The van der Waals surface area contributed by atoms with Gasteiger partial charge in [0.1, 0.15) is 0 Å². The fraction of sp³-hybridized carbons (Fsp3) is 0.500. The number of rotatable bonds is 4. The summed E-state index contributed by atoms with van der Waals surface area (Å²) < 4.78 is 0. The van der Waals surface area contributed by atoms with Crippen LogP contribution in [0.15, 0.2) is 24.3 Å². The quantitative estimate of drug-likeness (QED) is 0.756. The average Bonchev–Trinajstić information content (AvgIpc) is 2.27. The van der Waals surface area contributed by atoms with E-state index in [0.717, 1.165) is 5.69 Å². The molecule has 1 heterocycles. The van der Waals surface area contributed by atoms with Crippen molar-refractivity contribution in [2.24, 2.45) is 0 Å². The van der Waals surface area contributed by atoms with Crippen molar-refractivity contribution in [2.75, 3.05) is 18.4 Å². The van der Waals surface area contributed by atoms with Gasteiger partial charge in [0.15, 0.2) is 0 Å². The predicted molar refractivity (Wildman–Crippen MR) is 71.6 cm³/mol. The molecule has 0 atom stereocenters. The second kappa shape index (κ2) is 5.08. The lowest BCUT2D eigenvalue weighted by molar-refractivity contribution is -0.123. The molecule has 0 saturated carbocycles.